The number of aromatic nitrogens is 1. The summed E-state index contributed by atoms with van der Waals surface area (Å²) in [7, 11) is 0. The molecule has 1 amide bonds. The van der Waals surface area contributed by atoms with Gasteiger partial charge in [-0.05, 0) is 32.1 Å². The molecule has 104 valence electrons. The third-order valence-corrected chi connectivity index (χ3v) is 4.02. The molecule has 1 aromatic rings. The Balaban J connectivity index is 1.48. The Hall–Kier alpha value is -1.36. The predicted molar refractivity (Wildman–Crippen MR) is 68.3 cm³/mol. The van der Waals surface area contributed by atoms with E-state index in [9.17, 15) is 9.90 Å². The average molecular weight is 264 g/mol. The fourth-order valence-corrected chi connectivity index (χ4v) is 2.70. The van der Waals surface area contributed by atoms with Gasteiger partial charge in [-0.25, -0.2) is 0 Å². The molecule has 3 rings (SSSR count). The monoisotopic (exact) mass is 264 g/mol. The summed E-state index contributed by atoms with van der Waals surface area (Å²) in [6, 6.07) is 1.94. The Morgan fingerprint density at radius 2 is 2.26 bits per heavy atom. The van der Waals surface area contributed by atoms with Crippen molar-refractivity contribution in [3.63, 3.8) is 0 Å². The number of hydrogen-bond acceptors (Lipinski definition) is 4. The van der Waals surface area contributed by atoms with Gasteiger partial charge in [0.1, 0.15) is 11.5 Å². The van der Waals surface area contributed by atoms with Crippen LogP contribution in [0.1, 0.15) is 55.9 Å². The van der Waals surface area contributed by atoms with E-state index in [1.807, 2.05) is 6.07 Å². The van der Waals surface area contributed by atoms with E-state index in [2.05, 4.69) is 10.5 Å². The lowest BCUT2D eigenvalue weighted by molar-refractivity contribution is -0.127. The molecule has 2 aliphatic carbocycles. The van der Waals surface area contributed by atoms with Crippen molar-refractivity contribution in [2.45, 2.75) is 57.1 Å². The summed E-state index contributed by atoms with van der Waals surface area (Å²) in [6.45, 7) is 0.418. The van der Waals surface area contributed by atoms with Crippen molar-refractivity contribution in [1.29, 1.82) is 0 Å². The van der Waals surface area contributed by atoms with Gasteiger partial charge in [-0.15, -0.1) is 0 Å². The fourth-order valence-electron chi connectivity index (χ4n) is 2.70. The molecule has 0 unspecified atom stereocenters. The van der Waals surface area contributed by atoms with Crippen molar-refractivity contribution in [1.82, 2.24) is 10.5 Å². The van der Waals surface area contributed by atoms with Crippen LogP contribution in [0.5, 0.6) is 0 Å². The highest BCUT2D eigenvalue weighted by molar-refractivity contribution is 5.78. The van der Waals surface area contributed by atoms with Gasteiger partial charge in [-0.1, -0.05) is 11.6 Å². The number of rotatable bonds is 4. The summed E-state index contributed by atoms with van der Waals surface area (Å²) >= 11 is 0. The minimum atomic E-state index is -0.321. The maximum Gasteiger partial charge on any atom is 0.223 e. The maximum absolute atomic E-state index is 12.0. The molecule has 0 aromatic carbocycles. The quantitative estimate of drug-likeness (QED) is 0.868. The van der Waals surface area contributed by atoms with Crippen LogP contribution >= 0.6 is 0 Å². The van der Waals surface area contributed by atoms with E-state index in [1.165, 1.54) is 12.8 Å². The van der Waals surface area contributed by atoms with E-state index in [-0.39, 0.29) is 17.9 Å². The molecule has 0 saturated heterocycles. The van der Waals surface area contributed by atoms with Crippen LogP contribution in [-0.2, 0) is 11.3 Å². The van der Waals surface area contributed by atoms with Gasteiger partial charge in [0.25, 0.3) is 0 Å². The number of carbonyl (C=O) groups is 1. The first-order valence-electron chi connectivity index (χ1n) is 7.13. The van der Waals surface area contributed by atoms with Gasteiger partial charge in [-0.2, -0.15) is 0 Å². The van der Waals surface area contributed by atoms with Crippen LogP contribution in [-0.4, -0.2) is 22.3 Å². The zero-order valence-corrected chi connectivity index (χ0v) is 11.0. The molecule has 5 nitrogen and oxygen atoms in total. The number of nitrogens with zero attached hydrogens (tertiary/aromatic N) is 1. The van der Waals surface area contributed by atoms with Crippen molar-refractivity contribution in [2.75, 3.05) is 0 Å². The molecule has 1 aromatic heterocycles. The Labute approximate surface area is 112 Å². The molecular weight excluding hydrogens is 244 g/mol. The molecule has 0 spiro atoms. The second kappa shape index (κ2) is 5.33. The summed E-state index contributed by atoms with van der Waals surface area (Å²) in [6.07, 6.45) is 5.24. The zero-order valence-electron chi connectivity index (χ0n) is 11.0. The minimum absolute atomic E-state index is 0.0229. The lowest BCUT2D eigenvalue weighted by Gasteiger charge is -2.24. The number of nitrogens with one attached hydrogen (secondary N) is 1. The Kier molecular flexibility index (Phi) is 3.55. The van der Waals surface area contributed by atoms with Gasteiger partial charge in [-0.3, -0.25) is 4.79 Å². The molecule has 2 saturated carbocycles. The summed E-state index contributed by atoms with van der Waals surface area (Å²) < 4.78 is 5.24. The van der Waals surface area contributed by atoms with Crippen molar-refractivity contribution < 1.29 is 14.4 Å². The van der Waals surface area contributed by atoms with Crippen LogP contribution in [0.25, 0.3) is 0 Å². The lowest BCUT2D eigenvalue weighted by Crippen LogP contribution is -2.34. The molecule has 0 radical (unpaired) electrons. The number of amides is 1. The number of aliphatic hydroxyl groups is 1. The predicted octanol–water partition coefficient (Wildman–Crippen LogP) is 1.72. The van der Waals surface area contributed by atoms with Crippen LogP contribution in [0.2, 0.25) is 0 Å². The van der Waals surface area contributed by atoms with Gasteiger partial charge >= 0.3 is 0 Å². The number of carbonyl (C=O) groups excluding carboxylic acids is 1. The number of aliphatic hydroxyl groups excluding tert-OH is 1. The van der Waals surface area contributed by atoms with Gasteiger partial charge in [0.05, 0.1) is 12.6 Å². The highest BCUT2D eigenvalue weighted by Crippen LogP contribution is 2.40. The van der Waals surface area contributed by atoms with Crippen molar-refractivity contribution in [2.24, 2.45) is 5.92 Å². The Morgan fingerprint density at radius 1 is 1.42 bits per heavy atom. The third kappa shape index (κ3) is 3.15. The molecule has 2 atom stereocenters. The molecule has 0 bridgehead atoms. The van der Waals surface area contributed by atoms with Gasteiger partial charge in [0.15, 0.2) is 0 Å². The molecule has 0 aliphatic heterocycles. The van der Waals surface area contributed by atoms with E-state index >= 15 is 0 Å². The van der Waals surface area contributed by atoms with E-state index in [0.717, 1.165) is 30.7 Å². The average Bonchev–Trinajstić information content (AvgIpc) is 3.15. The second-order valence-electron chi connectivity index (χ2n) is 5.73. The smallest absolute Gasteiger partial charge is 0.223 e. The standard InChI is InChI=1S/C14H20N2O3/c17-12-3-1-2-10(6-12)14(18)15-8-11-7-13(19-16-11)9-4-5-9/h7,9-10,12,17H,1-6,8H2,(H,15,18)/t10-,12+/m1/s1. The zero-order chi connectivity index (χ0) is 13.2. The third-order valence-electron chi connectivity index (χ3n) is 4.02. The molecule has 1 heterocycles. The highest BCUT2D eigenvalue weighted by Gasteiger charge is 2.28. The number of hydrogen-bond donors (Lipinski definition) is 2. The molecule has 5 heteroatoms. The summed E-state index contributed by atoms with van der Waals surface area (Å²) in [5.41, 5.74) is 0.784. The first kappa shape index (κ1) is 12.7. The van der Waals surface area contributed by atoms with Crippen LogP contribution in [0.4, 0.5) is 0 Å². The topological polar surface area (TPSA) is 75.4 Å². The van der Waals surface area contributed by atoms with Gasteiger partial charge in [0, 0.05) is 17.9 Å². The Bertz CT molecular complexity index is 453. The van der Waals surface area contributed by atoms with E-state index in [1.54, 1.807) is 0 Å². The van der Waals surface area contributed by atoms with Crippen LogP contribution < -0.4 is 5.32 Å². The van der Waals surface area contributed by atoms with Gasteiger partial charge in [0.2, 0.25) is 5.91 Å². The van der Waals surface area contributed by atoms with Crippen molar-refractivity contribution >= 4 is 5.91 Å². The molecule has 2 fully saturated rings. The van der Waals surface area contributed by atoms with Crippen LogP contribution in [0, 0.1) is 5.92 Å². The van der Waals surface area contributed by atoms with Crippen LogP contribution in [0.15, 0.2) is 10.6 Å². The molecule has 2 aliphatic rings. The van der Waals surface area contributed by atoms with Crippen molar-refractivity contribution in [3.8, 4) is 0 Å². The summed E-state index contributed by atoms with van der Waals surface area (Å²) in [5.74, 6) is 1.45. The van der Waals surface area contributed by atoms with Crippen LogP contribution in [0.3, 0.4) is 0 Å². The first-order chi connectivity index (χ1) is 9.22. The Morgan fingerprint density at radius 3 is 3.00 bits per heavy atom. The first-order valence-corrected chi connectivity index (χ1v) is 7.13. The maximum atomic E-state index is 12.0. The fraction of sp³-hybridized carbons (Fsp3) is 0.714. The highest BCUT2D eigenvalue weighted by atomic mass is 16.5. The SMILES string of the molecule is O=C(NCc1cc(C2CC2)on1)[C@@H]1CCC[C@H](O)C1. The van der Waals surface area contributed by atoms with E-state index in [0.29, 0.717) is 18.9 Å². The molecular formula is C14H20N2O3. The molecule has 19 heavy (non-hydrogen) atoms. The normalized spacial score (nSPS) is 27.2. The lowest BCUT2D eigenvalue weighted by atomic mass is 9.87. The molecule has 2 N–H and O–H groups in total. The minimum Gasteiger partial charge on any atom is -0.393 e. The van der Waals surface area contributed by atoms with E-state index < -0.39 is 0 Å². The largest absolute Gasteiger partial charge is 0.393 e. The summed E-state index contributed by atoms with van der Waals surface area (Å²) in [4.78, 5) is 12.0. The summed E-state index contributed by atoms with van der Waals surface area (Å²) in [5, 5.41) is 16.4. The second-order valence-corrected chi connectivity index (χ2v) is 5.73. The van der Waals surface area contributed by atoms with E-state index in [4.69, 9.17) is 4.52 Å². The van der Waals surface area contributed by atoms with Crippen molar-refractivity contribution in [3.05, 3.63) is 17.5 Å². The van der Waals surface area contributed by atoms with Gasteiger partial charge < -0.3 is 14.9 Å².